The Morgan fingerprint density at radius 2 is 2.00 bits per heavy atom. The third-order valence-electron chi connectivity index (χ3n) is 3.44. The van der Waals surface area contributed by atoms with Crippen molar-refractivity contribution in [2.24, 2.45) is 5.41 Å². The summed E-state index contributed by atoms with van der Waals surface area (Å²) in [5.74, 6) is 0. The van der Waals surface area contributed by atoms with Crippen molar-refractivity contribution in [3.05, 3.63) is 0 Å². The molecule has 1 rings (SSSR count). The average molecular weight is 229 g/mol. The second-order valence-corrected chi connectivity index (χ2v) is 5.66. The molecule has 0 aliphatic heterocycles. The Balaban J connectivity index is 2.10. The molecule has 3 heteroatoms. The highest BCUT2D eigenvalue weighted by atomic mass is 16.5. The Bertz CT molecular complexity index is 184. The summed E-state index contributed by atoms with van der Waals surface area (Å²) in [6, 6.07) is 0. The molecule has 16 heavy (non-hydrogen) atoms. The number of aliphatic hydroxyl groups excluding tert-OH is 1. The summed E-state index contributed by atoms with van der Waals surface area (Å²) in [7, 11) is 0. The van der Waals surface area contributed by atoms with Gasteiger partial charge in [0, 0.05) is 6.54 Å². The van der Waals surface area contributed by atoms with Crippen LogP contribution in [0.25, 0.3) is 0 Å². The van der Waals surface area contributed by atoms with Gasteiger partial charge >= 0.3 is 0 Å². The Morgan fingerprint density at radius 1 is 1.38 bits per heavy atom. The van der Waals surface area contributed by atoms with Crippen LogP contribution in [0.4, 0.5) is 0 Å². The van der Waals surface area contributed by atoms with E-state index in [4.69, 9.17) is 4.74 Å². The third-order valence-corrected chi connectivity index (χ3v) is 3.44. The van der Waals surface area contributed by atoms with Crippen LogP contribution in [-0.2, 0) is 4.74 Å². The van der Waals surface area contributed by atoms with Crippen LogP contribution in [0.2, 0.25) is 0 Å². The van der Waals surface area contributed by atoms with Crippen LogP contribution >= 0.6 is 0 Å². The van der Waals surface area contributed by atoms with Crippen LogP contribution in [0.1, 0.15) is 46.5 Å². The monoisotopic (exact) mass is 229 g/mol. The SMILES string of the molecule is CCNCC(O)COC1CCC(C)(C)CC1. The number of aliphatic hydroxyl groups is 1. The molecule has 0 saturated heterocycles. The topological polar surface area (TPSA) is 41.5 Å². The van der Waals surface area contributed by atoms with E-state index in [0.717, 1.165) is 19.4 Å². The number of ether oxygens (including phenoxy) is 1. The zero-order valence-corrected chi connectivity index (χ0v) is 11.0. The Labute approximate surface area is 99.6 Å². The van der Waals surface area contributed by atoms with E-state index in [1.54, 1.807) is 0 Å². The number of hydrogen-bond donors (Lipinski definition) is 2. The molecule has 1 aliphatic carbocycles. The van der Waals surface area contributed by atoms with Gasteiger partial charge in [0.05, 0.1) is 18.8 Å². The average Bonchev–Trinajstić information content (AvgIpc) is 2.25. The second kappa shape index (κ2) is 6.58. The van der Waals surface area contributed by atoms with Gasteiger partial charge in [0.2, 0.25) is 0 Å². The lowest BCUT2D eigenvalue weighted by molar-refractivity contribution is -0.0363. The molecule has 3 nitrogen and oxygen atoms in total. The molecule has 0 spiro atoms. The van der Waals surface area contributed by atoms with Crippen LogP contribution < -0.4 is 5.32 Å². The Kier molecular flexibility index (Phi) is 5.73. The summed E-state index contributed by atoms with van der Waals surface area (Å²) < 4.78 is 5.75. The molecule has 0 heterocycles. The van der Waals surface area contributed by atoms with Gasteiger partial charge in [-0.3, -0.25) is 0 Å². The van der Waals surface area contributed by atoms with Crippen LogP contribution in [-0.4, -0.2) is 37.0 Å². The minimum Gasteiger partial charge on any atom is -0.389 e. The van der Waals surface area contributed by atoms with E-state index in [0.29, 0.717) is 24.7 Å². The Morgan fingerprint density at radius 3 is 2.56 bits per heavy atom. The van der Waals surface area contributed by atoms with E-state index < -0.39 is 0 Å². The molecule has 1 unspecified atom stereocenters. The quantitative estimate of drug-likeness (QED) is 0.731. The number of hydrogen-bond acceptors (Lipinski definition) is 3. The van der Waals surface area contributed by atoms with Gasteiger partial charge in [-0.2, -0.15) is 0 Å². The van der Waals surface area contributed by atoms with Gasteiger partial charge in [-0.15, -0.1) is 0 Å². The van der Waals surface area contributed by atoms with Crippen molar-refractivity contribution in [3.63, 3.8) is 0 Å². The van der Waals surface area contributed by atoms with Crippen LogP contribution in [0.15, 0.2) is 0 Å². The Hall–Kier alpha value is -0.120. The number of rotatable bonds is 6. The van der Waals surface area contributed by atoms with E-state index in [-0.39, 0.29) is 6.10 Å². The molecule has 0 aromatic carbocycles. The maximum atomic E-state index is 9.63. The predicted octanol–water partition coefficient (Wildman–Crippen LogP) is 1.94. The summed E-state index contributed by atoms with van der Waals surface area (Å²) in [4.78, 5) is 0. The maximum absolute atomic E-state index is 9.63. The first-order chi connectivity index (χ1) is 7.53. The van der Waals surface area contributed by atoms with Crippen molar-refractivity contribution < 1.29 is 9.84 Å². The lowest BCUT2D eigenvalue weighted by atomic mass is 9.76. The zero-order chi connectivity index (χ0) is 12.0. The summed E-state index contributed by atoms with van der Waals surface area (Å²) in [6.45, 7) is 8.69. The summed E-state index contributed by atoms with van der Waals surface area (Å²) >= 11 is 0. The van der Waals surface area contributed by atoms with Crippen molar-refractivity contribution >= 4 is 0 Å². The van der Waals surface area contributed by atoms with Gasteiger partial charge in [-0.25, -0.2) is 0 Å². The fraction of sp³-hybridized carbons (Fsp3) is 1.00. The molecule has 0 aromatic rings. The van der Waals surface area contributed by atoms with Crippen molar-refractivity contribution in [3.8, 4) is 0 Å². The molecule has 96 valence electrons. The molecule has 2 N–H and O–H groups in total. The van der Waals surface area contributed by atoms with Gasteiger partial charge in [0.1, 0.15) is 0 Å². The fourth-order valence-corrected chi connectivity index (χ4v) is 2.16. The first-order valence-electron chi connectivity index (χ1n) is 6.54. The van der Waals surface area contributed by atoms with Gasteiger partial charge in [0.15, 0.2) is 0 Å². The van der Waals surface area contributed by atoms with Crippen LogP contribution in [0.3, 0.4) is 0 Å². The summed E-state index contributed by atoms with van der Waals surface area (Å²) in [5, 5.41) is 12.7. The van der Waals surface area contributed by atoms with E-state index in [9.17, 15) is 5.11 Å². The zero-order valence-electron chi connectivity index (χ0n) is 11.0. The first kappa shape index (κ1) is 13.9. The highest BCUT2D eigenvalue weighted by molar-refractivity contribution is 4.79. The number of nitrogens with one attached hydrogen (secondary N) is 1. The normalized spacial score (nSPS) is 23.2. The predicted molar refractivity (Wildman–Crippen MR) is 66.5 cm³/mol. The molecule has 1 saturated carbocycles. The second-order valence-electron chi connectivity index (χ2n) is 5.66. The van der Waals surface area contributed by atoms with E-state index in [2.05, 4.69) is 19.2 Å². The summed E-state index contributed by atoms with van der Waals surface area (Å²) in [6.07, 6.45) is 4.75. The lowest BCUT2D eigenvalue weighted by Gasteiger charge is -2.34. The minimum atomic E-state index is -0.366. The molecule has 0 radical (unpaired) electrons. The van der Waals surface area contributed by atoms with Crippen LogP contribution in [0, 0.1) is 5.41 Å². The van der Waals surface area contributed by atoms with Crippen molar-refractivity contribution in [2.45, 2.75) is 58.7 Å². The fourth-order valence-electron chi connectivity index (χ4n) is 2.16. The standard InChI is InChI=1S/C13H27NO2/c1-4-14-9-11(15)10-16-12-5-7-13(2,3)8-6-12/h11-12,14-15H,4-10H2,1-3H3. The smallest absolute Gasteiger partial charge is 0.0897 e. The van der Waals surface area contributed by atoms with Gasteiger partial charge in [-0.05, 0) is 37.6 Å². The molecular formula is C13H27NO2. The van der Waals surface area contributed by atoms with Crippen LogP contribution in [0.5, 0.6) is 0 Å². The van der Waals surface area contributed by atoms with E-state index >= 15 is 0 Å². The lowest BCUT2D eigenvalue weighted by Crippen LogP contribution is -2.33. The van der Waals surface area contributed by atoms with Gasteiger partial charge in [0.25, 0.3) is 0 Å². The molecule has 0 bridgehead atoms. The summed E-state index contributed by atoms with van der Waals surface area (Å²) in [5.41, 5.74) is 0.488. The highest BCUT2D eigenvalue weighted by Crippen LogP contribution is 2.36. The molecule has 0 amide bonds. The molecule has 0 aromatic heterocycles. The van der Waals surface area contributed by atoms with E-state index in [1.807, 2.05) is 6.92 Å². The molecular weight excluding hydrogens is 202 g/mol. The first-order valence-corrected chi connectivity index (χ1v) is 6.54. The highest BCUT2D eigenvalue weighted by Gasteiger charge is 2.27. The van der Waals surface area contributed by atoms with Crippen molar-refractivity contribution in [1.82, 2.24) is 5.32 Å². The minimum absolute atomic E-state index is 0.365. The van der Waals surface area contributed by atoms with Gasteiger partial charge in [-0.1, -0.05) is 20.8 Å². The van der Waals surface area contributed by atoms with E-state index in [1.165, 1.54) is 12.8 Å². The maximum Gasteiger partial charge on any atom is 0.0897 e. The molecule has 1 aliphatic rings. The molecule has 1 atom stereocenters. The largest absolute Gasteiger partial charge is 0.389 e. The third kappa shape index (κ3) is 5.28. The van der Waals surface area contributed by atoms with Crippen molar-refractivity contribution in [2.75, 3.05) is 19.7 Å². The number of likely N-dealkylation sites (N-methyl/N-ethyl adjacent to an activating group) is 1. The van der Waals surface area contributed by atoms with Crippen molar-refractivity contribution in [1.29, 1.82) is 0 Å². The molecule has 1 fully saturated rings. The van der Waals surface area contributed by atoms with Gasteiger partial charge < -0.3 is 15.2 Å².